The SMILES string of the molecule is CCN(C(=O)c1cnns1)[C@H](C)c1cccc(C(F)(F)F)c1. The van der Waals surface area contributed by atoms with Gasteiger partial charge in [-0.15, -0.1) is 5.10 Å². The maximum atomic E-state index is 12.8. The Morgan fingerprint density at radius 3 is 2.68 bits per heavy atom. The molecule has 0 saturated carbocycles. The number of hydrogen-bond donors (Lipinski definition) is 0. The molecular formula is C14H14F3N3OS. The van der Waals surface area contributed by atoms with E-state index >= 15 is 0 Å². The highest BCUT2D eigenvalue weighted by Gasteiger charge is 2.31. The number of benzene rings is 1. The maximum absolute atomic E-state index is 12.8. The zero-order valence-electron chi connectivity index (χ0n) is 12.0. The maximum Gasteiger partial charge on any atom is 0.416 e. The highest BCUT2D eigenvalue weighted by Crippen LogP contribution is 2.32. The molecule has 1 amide bonds. The molecule has 0 spiro atoms. The van der Waals surface area contributed by atoms with Crippen LogP contribution in [0.25, 0.3) is 0 Å². The fourth-order valence-electron chi connectivity index (χ4n) is 2.15. The third-order valence-corrected chi connectivity index (χ3v) is 3.99. The molecule has 0 bridgehead atoms. The average molecular weight is 329 g/mol. The van der Waals surface area contributed by atoms with Gasteiger partial charge in [-0.1, -0.05) is 16.6 Å². The van der Waals surface area contributed by atoms with Crippen molar-refractivity contribution in [1.82, 2.24) is 14.5 Å². The molecule has 2 aromatic rings. The van der Waals surface area contributed by atoms with E-state index in [-0.39, 0.29) is 5.91 Å². The van der Waals surface area contributed by atoms with Crippen LogP contribution in [0, 0.1) is 0 Å². The first-order chi connectivity index (χ1) is 10.3. The van der Waals surface area contributed by atoms with Crippen LogP contribution in [0.15, 0.2) is 30.5 Å². The third kappa shape index (κ3) is 3.44. The van der Waals surface area contributed by atoms with Gasteiger partial charge in [-0.25, -0.2) is 0 Å². The number of hydrogen-bond acceptors (Lipinski definition) is 4. The summed E-state index contributed by atoms with van der Waals surface area (Å²) in [6.07, 6.45) is -3.05. The van der Waals surface area contributed by atoms with Gasteiger partial charge in [0.25, 0.3) is 5.91 Å². The molecule has 118 valence electrons. The van der Waals surface area contributed by atoms with Gasteiger partial charge in [-0.05, 0) is 43.1 Å². The molecule has 0 aliphatic rings. The van der Waals surface area contributed by atoms with Crippen LogP contribution in [0.3, 0.4) is 0 Å². The Kier molecular flexibility index (Phi) is 4.80. The predicted molar refractivity (Wildman–Crippen MR) is 76.5 cm³/mol. The van der Waals surface area contributed by atoms with Gasteiger partial charge >= 0.3 is 6.18 Å². The summed E-state index contributed by atoms with van der Waals surface area (Å²) >= 11 is 0.962. The Balaban J connectivity index is 2.29. The molecule has 1 heterocycles. The molecule has 0 aliphatic heterocycles. The standard InChI is InChI=1S/C14H14F3N3OS/c1-3-20(13(21)12-8-18-19-22-12)9(2)10-5-4-6-11(7-10)14(15,16)17/h4-9H,3H2,1-2H3/t9-/m1/s1. The Bertz CT molecular complexity index is 643. The van der Waals surface area contributed by atoms with E-state index in [0.717, 1.165) is 23.7 Å². The predicted octanol–water partition coefficient (Wildman–Crippen LogP) is 3.78. The van der Waals surface area contributed by atoms with Crippen LogP contribution in [0.1, 0.15) is 40.7 Å². The highest BCUT2D eigenvalue weighted by atomic mass is 32.1. The van der Waals surface area contributed by atoms with Crippen LogP contribution in [0.5, 0.6) is 0 Å². The molecular weight excluding hydrogens is 315 g/mol. The van der Waals surface area contributed by atoms with Gasteiger partial charge in [-0.3, -0.25) is 4.79 Å². The minimum Gasteiger partial charge on any atom is -0.331 e. The second kappa shape index (κ2) is 6.43. The molecule has 1 aromatic heterocycles. The van der Waals surface area contributed by atoms with Crippen LogP contribution in [-0.4, -0.2) is 26.9 Å². The topological polar surface area (TPSA) is 46.1 Å². The first-order valence-electron chi connectivity index (χ1n) is 6.60. The summed E-state index contributed by atoms with van der Waals surface area (Å²) in [6, 6.07) is 4.54. The molecule has 0 unspecified atom stereocenters. The van der Waals surface area contributed by atoms with Crippen LogP contribution >= 0.6 is 11.5 Å². The Hall–Kier alpha value is -1.96. The van der Waals surface area contributed by atoms with Crippen molar-refractivity contribution in [2.75, 3.05) is 6.54 Å². The average Bonchev–Trinajstić information content (AvgIpc) is 3.01. The molecule has 4 nitrogen and oxygen atoms in total. The molecule has 8 heteroatoms. The minimum atomic E-state index is -4.40. The van der Waals surface area contributed by atoms with Crippen molar-refractivity contribution in [2.45, 2.75) is 26.1 Å². The van der Waals surface area contributed by atoms with E-state index in [0.29, 0.717) is 17.0 Å². The number of amides is 1. The van der Waals surface area contributed by atoms with Crippen molar-refractivity contribution in [3.63, 3.8) is 0 Å². The summed E-state index contributed by atoms with van der Waals surface area (Å²) < 4.78 is 42.0. The first-order valence-corrected chi connectivity index (χ1v) is 7.37. The molecule has 0 saturated heterocycles. The summed E-state index contributed by atoms with van der Waals surface area (Å²) in [4.78, 5) is 14.2. The molecule has 1 atom stereocenters. The Labute approximate surface area is 129 Å². The lowest BCUT2D eigenvalue weighted by atomic mass is 10.0. The van der Waals surface area contributed by atoms with E-state index in [1.165, 1.54) is 17.2 Å². The molecule has 0 radical (unpaired) electrons. The highest BCUT2D eigenvalue weighted by molar-refractivity contribution is 7.07. The van der Waals surface area contributed by atoms with E-state index in [9.17, 15) is 18.0 Å². The first kappa shape index (κ1) is 16.4. The molecule has 22 heavy (non-hydrogen) atoms. The Morgan fingerprint density at radius 1 is 1.41 bits per heavy atom. The largest absolute Gasteiger partial charge is 0.416 e. The molecule has 0 N–H and O–H groups in total. The van der Waals surface area contributed by atoms with Crippen LogP contribution in [-0.2, 0) is 6.18 Å². The van der Waals surface area contributed by atoms with E-state index in [2.05, 4.69) is 9.59 Å². The second-order valence-electron chi connectivity index (χ2n) is 4.67. The molecule has 2 rings (SSSR count). The summed E-state index contributed by atoms with van der Waals surface area (Å²) in [5.41, 5.74) is -0.290. The van der Waals surface area contributed by atoms with E-state index in [4.69, 9.17) is 0 Å². The minimum absolute atomic E-state index is 0.289. The quantitative estimate of drug-likeness (QED) is 0.857. The summed E-state index contributed by atoms with van der Waals surface area (Å²) in [7, 11) is 0. The molecule has 1 aromatic carbocycles. The zero-order valence-corrected chi connectivity index (χ0v) is 12.8. The number of carbonyl (C=O) groups excluding carboxylic acids is 1. The number of halogens is 3. The van der Waals surface area contributed by atoms with Gasteiger partial charge < -0.3 is 4.90 Å². The number of nitrogens with zero attached hydrogens (tertiary/aromatic N) is 3. The van der Waals surface area contributed by atoms with Gasteiger partial charge in [-0.2, -0.15) is 13.2 Å². The van der Waals surface area contributed by atoms with Crippen molar-refractivity contribution in [3.8, 4) is 0 Å². The molecule has 0 fully saturated rings. The fourth-order valence-corrected chi connectivity index (χ4v) is 2.62. The van der Waals surface area contributed by atoms with Crippen molar-refractivity contribution in [3.05, 3.63) is 46.5 Å². The van der Waals surface area contributed by atoms with Crippen LogP contribution < -0.4 is 0 Å². The lowest BCUT2D eigenvalue weighted by Gasteiger charge is -2.28. The second-order valence-corrected chi connectivity index (χ2v) is 5.46. The Morgan fingerprint density at radius 2 is 2.14 bits per heavy atom. The zero-order chi connectivity index (χ0) is 16.3. The third-order valence-electron chi connectivity index (χ3n) is 3.34. The molecule has 0 aliphatic carbocycles. The lowest BCUT2D eigenvalue weighted by Crippen LogP contribution is -2.33. The smallest absolute Gasteiger partial charge is 0.331 e. The fraction of sp³-hybridized carbons (Fsp3) is 0.357. The van der Waals surface area contributed by atoms with Crippen LogP contribution in [0.4, 0.5) is 13.2 Å². The normalized spacial score (nSPS) is 13.0. The van der Waals surface area contributed by atoms with Crippen LogP contribution in [0.2, 0.25) is 0 Å². The van der Waals surface area contributed by atoms with Gasteiger partial charge in [0.1, 0.15) is 4.88 Å². The van der Waals surface area contributed by atoms with Crippen molar-refractivity contribution < 1.29 is 18.0 Å². The van der Waals surface area contributed by atoms with Crippen molar-refractivity contribution >= 4 is 17.4 Å². The van der Waals surface area contributed by atoms with E-state index < -0.39 is 17.8 Å². The van der Waals surface area contributed by atoms with Gasteiger partial charge in [0.05, 0.1) is 17.8 Å². The summed E-state index contributed by atoms with van der Waals surface area (Å²) in [5.74, 6) is -0.289. The van der Waals surface area contributed by atoms with Crippen molar-refractivity contribution in [1.29, 1.82) is 0 Å². The van der Waals surface area contributed by atoms with E-state index in [1.807, 2.05) is 0 Å². The summed E-state index contributed by atoms with van der Waals surface area (Å²) in [6.45, 7) is 3.84. The number of aromatic nitrogens is 2. The van der Waals surface area contributed by atoms with Gasteiger partial charge in [0, 0.05) is 6.54 Å². The monoisotopic (exact) mass is 329 g/mol. The lowest BCUT2D eigenvalue weighted by molar-refractivity contribution is -0.137. The van der Waals surface area contributed by atoms with E-state index in [1.54, 1.807) is 19.9 Å². The number of alkyl halides is 3. The summed E-state index contributed by atoms with van der Waals surface area (Å²) in [5, 5.41) is 3.61. The number of carbonyl (C=O) groups is 1. The number of rotatable bonds is 4. The van der Waals surface area contributed by atoms with Gasteiger partial charge in [0.15, 0.2) is 0 Å². The van der Waals surface area contributed by atoms with Crippen molar-refractivity contribution in [2.24, 2.45) is 0 Å². The van der Waals surface area contributed by atoms with Gasteiger partial charge in [0.2, 0.25) is 0 Å².